The lowest BCUT2D eigenvalue weighted by atomic mass is 10.2. The molecule has 30 heavy (non-hydrogen) atoms. The molecule has 0 saturated carbocycles. The van der Waals surface area contributed by atoms with Crippen LogP contribution in [0.3, 0.4) is 0 Å². The molecule has 0 spiro atoms. The monoisotopic (exact) mass is 444 g/mol. The Bertz CT molecular complexity index is 1150. The van der Waals surface area contributed by atoms with Crippen molar-refractivity contribution in [3.8, 4) is 11.5 Å². The van der Waals surface area contributed by atoms with E-state index in [0.29, 0.717) is 11.5 Å². The van der Waals surface area contributed by atoms with E-state index in [1.54, 1.807) is 0 Å². The molecule has 0 saturated heterocycles. The standard InChI is InChI=1S/C22H21ClN2O4S/c1-25(2)30(27,28)19-11-12-21(23)20(14-19)22(26)24-15-16-7-6-10-18(13-16)29-17-8-4-3-5-9-17/h3-14H,15H2,1-2H3,(H,24,26). The Hall–Kier alpha value is -2.87. The van der Waals surface area contributed by atoms with E-state index < -0.39 is 15.9 Å². The molecule has 0 bridgehead atoms. The van der Waals surface area contributed by atoms with Crippen LogP contribution in [0.25, 0.3) is 0 Å². The number of nitrogens with one attached hydrogen (secondary N) is 1. The van der Waals surface area contributed by atoms with Gasteiger partial charge in [-0.25, -0.2) is 12.7 Å². The summed E-state index contributed by atoms with van der Waals surface area (Å²) < 4.78 is 31.5. The predicted octanol–water partition coefficient (Wildman–Crippen LogP) is 4.31. The van der Waals surface area contributed by atoms with Crippen molar-refractivity contribution in [3.63, 3.8) is 0 Å². The number of sulfonamides is 1. The van der Waals surface area contributed by atoms with Crippen LogP contribution >= 0.6 is 11.6 Å². The van der Waals surface area contributed by atoms with Crippen molar-refractivity contribution in [1.82, 2.24) is 9.62 Å². The number of halogens is 1. The summed E-state index contributed by atoms with van der Waals surface area (Å²) in [6.45, 7) is 0.228. The van der Waals surface area contributed by atoms with Crippen LogP contribution in [0, 0.1) is 0 Å². The molecule has 156 valence electrons. The number of ether oxygens (including phenoxy) is 1. The summed E-state index contributed by atoms with van der Waals surface area (Å²) in [6, 6.07) is 20.8. The van der Waals surface area contributed by atoms with Crippen molar-refractivity contribution in [2.24, 2.45) is 0 Å². The fraction of sp³-hybridized carbons (Fsp3) is 0.136. The minimum absolute atomic E-state index is 0.000286. The fourth-order valence-electron chi connectivity index (χ4n) is 2.67. The second-order valence-electron chi connectivity index (χ2n) is 6.67. The van der Waals surface area contributed by atoms with Crippen LogP contribution in [0.2, 0.25) is 5.02 Å². The van der Waals surface area contributed by atoms with E-state index in [-0.39, 0.29) is 22.0 Å². The van der Waals surface area contributed by atoms with Gasteiger partial charge in [0.05, 0.1) is 15.5 Å². The molecule has 3 rings (SSSR count). The number of hydrogen-bond donors (Lipinski definition) is 1. The average molecular weight is 445 g/mol. The second-order valence-corrected chi connectivity index (χ2v) is 9.23. The Labute approximate surface area is 181 Å². The number of carbonyl (C=O) groups is 1. The molecule has 0 radical (unpaired) electrons. The number of benzene rings is 3. The topological polar surface area (TPSA) is 75.7 Å². The lowest BCUT2D eigenvalue weighted by Gasteiger charge is -2.13. The highest BCUT2D eigenvalue weighted by atomic mass is 35.5. The molecular weight excluding hydrogens is 424 g/mol. The molecule has 8 heteroatoms. The van der Waals surface area contributed by atoms with Crippen molar-refractivity contribution >= 4 is 27.5 Å². The molecule has 1 amide bonds. The van der Waals surface area contributed by atoms with Gasteiger partial charge in [-0.15, -0.1) is 0 Å². The van der Waals surface area contributed by atoms with Crippen molar-refractivity contribution in [1.29, 1.82) is 0 Å². The third kappa shape index (κ3) is 5.18. The highest BCUT2D eigenvalue weighted by Gasteiger charge is 2.20. The number of amides is 1. The molecule has 0 aliphatic carbocycles. The van der Waals surface area contributed by atoms with Crippen molar-refractivity contribution < 1.29 is 17.9 Å². The van der Waals surface area contributed by atoms with Crippen LogP contribution in [0.1, 0.15) is 15.9 Å². The summed E-state index contributed by atoms with van der Waals surface area (Å²) in [5.41, 5.74) is 0.918. The van der Waals surface area contributed by atoms with Crippen LogP contribution in [0.5, 0.6) is 11.5 Å². The van der Waals surface area contributed by atoms with Gasteiger partial charge in [0.25, 0.3) is 5.91 Å². The van der Waals surface area contributed by atoms with Crippen molar-refractivity contribution in [3.05, 3.63) is 88.9 Å². The lowest BCUT2D eigenvalue weighted by molar-refractivity contribution is 0.0951. The second kappa shape index (κ2) is 9.30. The van der Waals surface area contributed by atoms with E-state index in [2.05, 4.69) is 5.32 Å². The first-order valence-corrected chi connectivity index (χ1v) is 10.9. The minimum atomic E-state index is -3.67. The Morgan fingerprint density at radius 3 is 2.37 bits per heavy atom. The van der Waals surface area contributed by atoms with Gasteiger partial charge in [0.1, 0.15) is 11.5 Å². The van der Waals surface area contributed by atoms with E-state index in [4.69, 9.17) is 16.3 Å². The maximum Gasteiger partial charge on any atom is 0.253 e. The largest absolute Gasteiger partial charge is 0.457 e. The summed E-state index contributed by atoms with van der Waals surface area (Å²) in [5.74, 6) is 0.889. The zero-order valence-electron chi connectivity index (χ0n) is 16.5. The third-order valence-electron chi connectivity index (χ3n) is 4.29. The Morgan fingerprint density at radius 1 is 0.967 bits per heavy atom. The third-order valence-corrected chi connectivity index (χ3v) is 6.43. The van der Waals surface area contributed by atoms with Gasteiger partial charge < -0.3 is 10.1 Å². The molecule has 1 N–H and O–H groups in total. The summed E-state index contributed by atoms with van der Waals surface area (Å²) in [6.07, 6.45) is 0. The zero-order chi connectivity index (χ0) is 21.7. The highest BCUT2D eigenvalue weighted by molar-refractivity contribution is 7.89. The van der Waals surface area contributed by atoms with Gasteiger partial charge in [-0.1, -0.05) is 41.9 Å². The molecule has 0 aliphatic heterocycles. The van der Waals surface area contributed by atoms with Crippen molar-refractivity contribution in [2.75, 3.05) is 14.1 Å². The van der Waals surface area contributed by atoms with Gasteiger partial charge >= 0.3 is 0 Å². The van der Waals surface area contributed by atoms with Gasteiger partial charge in [-0.2, -0.15) is 0 Å². The summed E-state index contributed by atoms with van der Waals surface area (Å²) in [7, 11) is -0.824. The molecular formula is C22H21ClN2O4S. The molecule has 0 unspecified atom stereocenters. The molecule has 3 aromatic rings. The molecule has 0 atom stereocenters. The van der Waals surface area contributed by atoms with Gasteiger partial charge in [-0.05, 0) is 48.0 Å². The lowest BCUT2D eigenvalue weighted by Crippen LogP contribution is -2.25. The number of nitrogens with zero attached hydrogens (tertiary/aromatic N) is 1. The van der Waals surface area contributed by atoms with E-state index >= 15 is 0 Å². The Morgan fingerprint density at radius 2 is 1.67 bits per heavy atom. The first kappa shape index (κ1) is 21.8. The maximum atomic E-state index is 12.6. The van der Waals surface area contributed by atoms with Crippen molar-refractivity contribution in [2.45, 2.75) is 11.4 Å². The van der Waals surface area contributed by atoms with Crippen LogP contribution in [0.4, 0.5) is 0 Å². The molecule has 6 nitrogen and oxygen atoms in total. The van der Waals surface area contributed by atoms with E-state index in [1.165, 1.54) is 32.3 Å². The van der Waals surface area contributed by atoms with E-state index in [1.807, 2.05) is 54.6 Å². The summed E-state index contributed by atoms with van der Waals surface area (Å²) >= 11 is 6.13. The molecule has 0 aromatic heterocycles. The van der Waals surface area contributed by atoms with Gasteiger partial charge in [0, 0.05) is 20.6 Å². The molecule has 0 fully saturated rings. The summed E-state index contributed by atoms with van der Waals surface area (Å²) in [5, 5.41) is 2.94. The number of carbonyl (C=O) groups excluding carboxylic acids is 1. The fourth-order valence-corrected chi connectivity index (χ4v) is 3.80. The number of para-hydroxylation sites is 1. The van der Waals surface area contributed by atoms with E-state index in [9.17, 15) is 13.2 Å². The highest BCUT2D eigenvalue weighted by Crippen LogP contribution is 2.23. The maximum absolute atomic E-state index is 12.6. The minimum Gasteiger partial charge on any atom is -0.457 e. The SMILES string of the molecule is CN(C)S(=O)(=O)c1ccc(Cl)c(C(=O)NCc2cccc(Oc3ccccc3)c2)c1. The first-order chi connectivity index (χ1) is 14.3. The van der Waals surface area contributed by atoms with Crippen LogP contribution < -0.4 is 10.1 Å². The smallest absolute Gasteiger partial charge is 0.253 e. The predicted molar refractivity (Wildman–Crippen MR) is 116 cm³/mol. The quantitative estimate of drug-likeness (QED) is 0.589. The Kier molecular flexibility index (Phi) is 6.77. The van der Waals surface area contributed by atoms with E-state index in [0.717, 1.165) is 9.87 Å². The van der Waals surface area contributed by atoms with Gasteiger partial charge in [-0.3, -0.25) is 4.79 Å². The first-order valence-electron chi connectivity index (χ1n) is 9.09. The average Bonchev–Trinajstić information content (AvgIpc) is 2.73. The molecule has 0 aliphatic rings. The van der Waals surface area contributed by atoms with Gasteiger partial charge in [0.15, 0.2) is 0 Å². The zero-order valence-corrected chi connectivity index (χ0v) is 18.1. The normalized spacial score (nSPS) is 11.3. The molecule has 3 aromatic carbocycles. The Balaban J connectivity index is 1.72. The number of rotatable bonds is 7. The van der Waals surface area contributed by atoms with Crippen LogP contribution in [0.15, 0.2) is 77.7 Å². The van der Waals surface area contributed by atoms with Crippen LogP contribution in [-0.2, 0) is 16.6 Å². The van der Waals surface area contributed by atoms with Gasteiger partial charge in [0.2, 0.25) is 10.0 Å². The van der Waals surface area contributed by atoms with Crippen LogP contribution in [-0.4, -0.2) is 32.7 Å². The number of hydrogen-bond acceptors (Lipinski definition) is 4. The summed E-state index contributed by atoms with van der Waals surface area (Å²) in [4.78, 5) is 12.6. The molecule has 0 heterocycles.